The Hall–Kier alpha value is -0.670. The Morgan fingerprint density at radius 1 is 1.16 bits per heavy atom. The second-order valence-corrected chi connectivity index (χ2v) is 6.05. The van der Waals surface area contributed by atoms with E-state index >= 15 is 0 Å². The molecule has 1 heterocycles. The minimum absolute atomic E-state index is 0.434. The van der Waals surface area contributed by atoms with Crippen LogP contribution in [0, 0.1) is 5.41 Å². The third-order valence-corrected chi connectivity index (χ3v) is 4.64. The third-order valence-electron chi connectivity index (χ3n) is 4.07. The van der Waals surface area contributed by atoms with Gasteiger partial charge in [-0.1, -0.05) is 36.5 Å². The molecule has 0 atom stereocenters. The van der Waals surface area contributed by atoms with Gasteiger partial charge in [0.05, 0.1) is 10.0 Å². The van der Waals surface area contributed by atoms with Crippen LogP contribution in [-0.4, -0.2) is 18.1 Å². The number of hydrogen-bond donors (Lipinski definition) is 2. The van der Waals surface area contributed by atoms with Gasteiger partial charge in [-0.05, 0) is 37.7 Å². The van der Waals surface area contributed by atoms with Gasteiger partial charge in [-0.25, -0.2) is 4.98 Å². The fraction of sp³-hybridized carbons (Fsp3) is 0.643. The highest BCUT2D eigenvalue weighted by Crippen LogP contribution is 2.44. The predicted octanol–water partition coefficient (Wildman–Crippen LogP) is 4.81. The van der Waals surface area contributed by atoms with Crippen LogP contribution in [0.25, 0.3) is 0 Å². The van der Waals surface area contributed by atoms with Gasteiger partial charge in [-0.2, -0.15) is 0 Å². The van der Waals surface area contributed by atoms with Crippen LogP contribution in [0.2, 0.25) is 10.0 Å². The minimum atomic E-state index is 0.434. The van der Waals surface area contributed by atoms with E-state index in [-0.39, 0.29) is 0 Å². The molecule has 106 valence electrons. The summed E-state index contributed by atoms with van der Waals surface area (Å²) in [5.41, 5.74) is 0.434. The van der Waals surface area contributed by atoms with Gasteiger partial charge in [0.15, 0.2) is 0 Å². The van der Waals surface area contributed by atoms with Crippen LogP contribution >= 0.6 is 23.2 Å². The molecule has 0 saturated heterocycles. The molecule has 0 radical (unpaired) electrons. The number of hydrogen-bond acceptors (Lipinski definition) is 3. The van der Waals surface area contributed by atoms with Crippen LogP contribution in [0.1, 0.15) is 39.5 Å². The van der Waals surface area contributed by atoms with Crippen molar-refractivity contribution in [1.29, 1.82) is 0 Å². The lowest BCUT2D eigenvalue weighted by atomic mass is 9.67. The van der Waals surface area contributed by atoms with Crippen LogP contribution in [0.5, 0.6) is 0 Å². The van der Waals surface area contributed by atoms with Gasteiger partial charge in [-0.15, -0.1) is 0 Å². The number of halogens is 2. The molecule has 2 N–H and O–H groups in total. The lowest BCUT2D eigenvalue weighted by Gasteiger charge is -2.41. The summed E-state index contributed by atoms with van der Waals surface area (Å²) in [4.78, 5) is 4.47. The van der Waals surface area contributed by atoms with Crippen LogP contribution in [0.3, 0.4) is 0 Å². The molecule has 1 aromatic rings. The molecular weight excluding hydrogens is 281 g/mol. The second-order valence-electron chi connectivity index (χ2n) is 5.24. The Labute approximate surface area is 125 Å². The van der Waals surface area contributed by atoms with Gasteiger partial charge < -0.3 is 10.6 Å². The molecule has 0 aliphatic heterocycles. The second kappa shape index (κ2) is 6.19. The van der Waals surface area contributed by atoms with Crippen molar-refractivity contribution in [3.05, 3.63) is 16.1 Å². The van der Waals surface area contributed by atoms with Gasteiger partial charge in [-0.3, -0.25) is 0 Å². The van der Waals surface area contributed by atoms with E-state index in [0.29, 0.717) is 21.3 Å². The van der Waals surface area contributed by atoms with Gasteiger partial charge in [0.2, 0.25) is 0 Å². The molecule has 0 aromatic carbocycles. The molecule has 0 unspecified atom stereocenters. The summed E-state index contributed by atoms with van der Waals surface area (Å²) in [5.74, 6) is 1.41. The number of aromatic nitrogens is 1. The zero-order valence-electron chi connectivity index (χ0n) is 11.5. The lowest BCUT2D eigenvalue weighted by Crippen LogP contribution is -2.36. The van der Waals surface area contributed by atoms with E-state index in [9.17, 15) is 0 Å². The summed E-state index contributed by atoms with van der Waals surface area (Å²) < 4.78 is 0. The Kier molecular flexibility index (Phi) is 4.80. The first kappa shape index (κ1) is 14.7. The Bertz CT molecular complexity index is 439. The molecule has 19 heavy (non-hydrogen) atoms. The Balaban J connectivity index is 2.08. The van der Waals surface area contributed by atoms with Crippen LogP contribution in [0.4, 0.5) is 11.6 Å². The number of pyridine rings is 1. The van der Waals surface area contributed by atoms with Crippen molar-refractivity contribution in [1.82, 2.24) is 4.98 Å². The Morgan fingerprint density at radius 2 is 1.79 bits per heavy atom. The number of nitrogens with one attached hydrogen (secondary N) is 2. The zero-order valence-corrected chi connectivity index (χ0v) is 13.0. The van der Waals surface area contributed by atoms with E-state index in [1.54, 1.807) is 6.07 Å². The predicted molar refractivity (Wildman–Crippen MR) is 83.5 cm³/mol. The first-order valence-corrected chi connectivity index (χ1v) is 7.69. The average molecular weight is 302 g/mol. The third kappa shape index (κ3) is 3.26. The average Bonchev–Trinajstić information content (AvgIpc) is 2.33. The summed E-state index contributed by atoms with van der Waals surface area (Å²) in [7, 11) is 0. The van der Waals surface area contributed by atoms with E-state index in [0.717, 1.165) is 18.9 Å². The number of nitrogens with zero attached hydrogens (tertiary/aromatic N) is 1. The fourth-order valence-electron chi connectivity index (χ4n) is 2.49. The van der Waals surface area contributed by atoms with Gasteiger partial charge in [0.1, 0.15) is 11.6 Å². The van der Waals surface area contributed by atoms with Crippen molar-refractivity contribution >= 4 is 34.8 Å². The molecule has 5 heteroatoms. The number of rotatable bonds is 6. The minimum Gasteiger partial charge on any atom is -0.369 e. The maximum absolute atomic E-state index is 6.20. The van der Waals surface area contributed by atoms with Gasteiger partial charge in [0, 0.05) is 13.1 Å². The monoisotopic (exact) mass is 301 g/mol. The SMILES string of the molecule is CCNc1nc(NCC2(CC)CCC2)c(Cl)cc1Cl. The summed E-state index contributed by atoms with van der Waals surface area (Å²) in [6.07, 6.45) is 5.12. The van der Waals surface area contributed by atoms with E-state index < -0.39 is 0 Å². The van der Waals surface area contributed by atoms with Crippen molar-refractivity contribution in [3.8, 4) is 0 Å². The summed E-state index contributed by atoms with van der Waals surface area (Å²) >= 11 is 12.3. The van der Waals surface area contributed by atoms with Crippen LogP contribution < -0.4 is 10.6 Å². The number of anilines is 2. The van der Waals surface area contributed by atoms with Crippen LogP contribution in [0.15, 0.2) is 6.07 Å². The smallest absolute Gasteiger partial charge is 0.147 e. The first-order valence-electron chi connectivity index (χ1n) is 6.94. The summed E-state index contributed by atoms with van der Waals surface area (Å²) in [6.45, 7) is 5.98. The molecule has 0 bridgehead atoms. The maximum atomic E-state index is 6.20. The van der Waals surface area contributed by atoms with E-state index in [1.807, 2.05) is 6.92 Å². The fourth-order valence-corrected chi connectivity index (χ4v) is 2.98. The lowest BCUT2D eigenvalue weighted by molar-refractivity contribution is 0.145. The maximum Gasteiger partial charge on any atom is 0.147 e. The normalized spacial score (nSPS) is 16.8. The largest absolute Gasteiger partial charge is 0.369 e. The highest BCUT2D eigenvalue weighted by Gasteiger charge is 2.34. The van der Waals surface area contributed by atoms with Crippen LogP contribution in [-0.2, 0) is 0 Å². The highest BCUT2D eigenvalue weighted by molar-refractivity contribution is 6.37. The zero-order chi connectivity index (χ0) is 13.9. The molecule has 1 fully saturated rings. The molecule has 0 spiro atoms. The van der Waals surface area contributed by atoms with Gasteiger partial charge >= 0.3 is 0 Å². The first-order chi connectivity index (χ1) is 9.10. The van der Waals surface area contributed by atoms with E-state index in [2.05, 4.69) is 22.5 Å². The van der Waals surface area contributed by atoms with E-state index in [4.69, 9.17) is 23.2 Å². The van der Waals surface area contributed by atoms with Crippen molar-refractivity contribution in [2.75, 3.05) is 23.7 Å². The topological polar surface area (TPSA) is 37.0 Å². The summed E-state index contributed by atoms with van der Waals surface area (Å²) in [5, 5.41) is 7.67. The van der Waals surface area contributed by atoms with Gasteiger partial charge in [0.25, 0.3) is 0 Å². The molecule has 1 aliphatic carbocycles. The molecule has 1 aliphatic rings. The van der Waals surface area contributed by atoms with Crippen molar-refractivity contribution < 1.29 is 0 Å². The van der Waals surface area contributed by atoms with Crippen molar-refractivity contribution in [2.24, 2.45) is 5.41 Å². The summed E-state index contributed by atoms with van der Waals surface area (Å²) in [6, 6.07) is 1.75. The standard InChI is InChI=1S/C14H21Cl2N3/c1-3-14(6-5-7-14)9-18-13-11(16)8-10(15)12(19-13)17-4-2/h8H,3-7,9H2,1-2H3,(H2,17,18,19). The molecule has 1 aromatic heterocycles. The van der Waals surface area contributed by atoms with Crippen molar-refractivity contribution in [3.63, 3.8) is 0 Å². The van der Waals surface area contributed by atoms with E-state index in [1.165, 1.54) is 25.7 Å². The molecule has 3 nitrogen and oxygen atoms in total. The molecule has 2 rings (SSSR count). The quantitative estimate of drug-likeness (QED) is 0.791. The molecule has 1 saturated carbocycles. The molecule has 0 amide bonds. The Morgan fingerprint density at radius 3 is 2.26 bits per heavy atom. The van der Waals surface area contributed by atoms with Crippen molar-refractivity contribution in [2.45, 2.75) is 39.5 Å². The molecular formula is C14H21Cl2N3. The highest BCUT2D eigenvalue weighted by atomic mass is 35.5.